The Hall–Kier alpha value is -3.00. The summed E-state index contributed by atoms with van der Waals surface area (Å²) in [5.74, 6) is -0.637. The molecule has 0 aliphatic carbocycles. The molecule has 0 aliphatic heterocycles. The molecule has 0 bridgehead atoms. The van der Waals surface area contributed by atoms with Crippen LogP contribution >= 0.6 is 12.6 Å². The van der Waals surface area contributed by atoms with Crippen LogP contribution in [0.15, 0.2) is 42.5 Å². The van der Waals surface area contributed by atoms with E-state index < -0.39 is 23.8 Å². The van der Waals surface area contributed by atoms with Crippen LogP contribution < -0.4 is 10.6 Å². The Bertz CT molecular complexity index is 1110. The van der Waals surface area contributed by atoms with Gasteiger partial charge in [-0.15, -0.1) is 0 Å². The first-order chi connectivity index (χ1) is 17.9. The Balaban J connectivity index is 2.55. The van der Waals surface area contributed by atoms with Crippen LogP contribution in [0.5, 0.6) is 0 Å². The third-order valence-corrected chi connectivity index (χ3v) is 6.73. The van der Waals surface area contributed by atoms with Crippen LogP contribution in [-0.4, -0.2) is 46.7 Å². The molecule has 2 aromatic carbocycles. The average molecular weight is 542 g/mol. The van der Waals surface area contributed by atoms with Crippen LogP contribution in [0.4, 0.5) is 10.5 Å². The molecule has 0 radical (unpaired) electrons. The fraction of sp³-hybridized carbons (Fsp3) is 0.500. The van der Waals surface area contributed by atoms with Crippen molar-refractivity contribution in [1.82, 2.24) is 10.2 Å². The van der Waals surface area contributed by atoms with Crippen LogP contribution in [0.2, 0.25) is 0 Å². The summed E-state index contributed by atoms with van der Waals surface area (Å²) in [5, 5.41) is 5.71. The summed E-state index contributed by atoms with van der Waals surface area (Å²) in [6.45, 7) is 13.6. The highest BCUT2D eigenvalue weighted by atomic mass is 32.1. The van der Waals surface area contributed by atoms with E-state index in [0.717, 1.165) is 35.1 Å². The van der Waals surface area contributed by atoms with Crippen LogP contribution in [0.25, 0.3) is 0 Å². The first-order valence-corrected chi connectivity index (χ1v) is 13.9. The fourth-order valence-corrected chi connectivity index (χ4v) is 4.42. The number of unbranched alkanes of at least 4 members (excludes halogenated alkanes) is 2. The van der Waals surface area contributed by atoms with E-state index in [-0.39, 0.29) is 17.6 Å². The van der Waals surface area contributed by atoms with Gasteiger partial charge in [0.25, 0.3) is 5.91 Å². The lowest BCUT2D eigenvalue weighted by Crippen LogP contribution is -2.53. The molecule has 0 aliphatic rings. The van der Waals surface area contributed by atoms with Gasteiger partial charge in [0, 0.05) is 18.0 Å². The largest absolute Gasteiger partial charge is 0.444 e. The zero-order chi connectivity index (χ0) is 28.5. The molecule has 2 rings (SSSR count). The Kier molecular flexibility index (Phi) is 11.7. The number of carbonyl (C=O) groups is 3. The van der Waals surface area contributed by atoms with Crippen molar-refractivity contribution in [2.24, 2.45) is 0 Å². The maximum absolute atomic E-state index is 14.0. The lowest BCUT2D eigenvalue weighted by atomic mass is 9.94. The van der Waals surface area contributed by atoms with Crippen molar-refractivity contribution in [3.8, 4) is 0 Å². The maximum Gasteiger partial charge on any atom is 0.408 e. The molecule has 8 heteroatoms. The summed E-state index contributed by atoms with van der Waals surface area (Å²) in [6, 6.07) is 11.5. The number of alkyl carbamates (subject to hydrolysis) is 1. The van der Waals surface area contributed by atoms with Crippen molar-refractivity contribution in [1.29, 1.82) is 0 Å². The number of anilines is 1. The zero-order valence-corrected chi connectivity index (χ0v) is 24.7. The number of amides is 3. The first kappa shape index (κ1) is 31.2. The van der Waals surface area contributed by atoms with Gasteiger partial charge < -0.3 is 20.3 Å². The first-order valence-electron chi connectivity index (χ1n) is 13.2. The van der Waals surface area contributed by atoms with Crippen LogP contribution in [0.3, 0.4) is 0 Å². The van der Waals surface area contributed by atoms with Gasteiger partial charge in [-0.1, -0.05) is 56.2 Å². The molecule has 0 saturated carbocycles. The van der Waals surface area contributed by atoms with E-state index in [2.05, 4.69) is 30.2 Å². The molecule has 208 valence electrons. The van der Waals surface area contributed by atoms with Gasteiger partial charge in [0.2, 0.25) is 5.91 Å². The second-order valence-corrected chi connectivity index (χ2v) is 11.0. The molecular weight excluding hydrogens is 498 g/mol. The molecule has 0 heterocycles. The van der Waals surface area contributed by atoms with Crippen molar-refractivity contribution < 1.29 is 19.1 Å². The number of nitrogens with zero attached hydrogens (tertiary/aromatic N) is 1. The van der Waals surface area contributed by atoms with E-state index in [1.807, 2.05) is 63.2 Å². The molecule has 2 unspecified atom stereocenters. The highest BCUT2D eigenvalue weighted by Crippen LogP contribution is 2.29. The predicted octanol–water partition coefficient (Wildman–Crippen LogP) is 6.13. The summed E-state index contributed by atoms with van der Waals surface area (Å²) in [6.07, 6.45) is 1.87. The van der Waals surface area contributed by atoms with E-state index in [0.29, 0.717) is 18.7 Å². The van der Waals surface area contributed by atoms with Gasteiger partial charge in [0.15, 0.2) is 0 Å². The van der Waals surface area contributed by atoms with Gasteiger partial charge in [-0.2, -0.15) is 12.6 Å². The molecule has 7 nitrogen and oxygen atoms in total. The Morgan fingerprint density at radius 2 is 1.63 bits per heavy atom. The number of hydrogen-bond acceptors (Lipinski definition) is 5. The summed E-state index contributed by atoms with van der Waals surface area (Å²) < 4.78 is 5.38. The molecule has 38 heavy (non-hydrogen) atoms. The number of carbonyl (C=O) groups excluding carboxylic acids is 3. The smallest absolute Gasteiger partial charge is 0.408 e. The Labute approximate surface area is 233 Å². The van der Waals surface area contributed by atoms with Gasteiger partial charge in [0.05, 0.1) is 0 Å². The highest BCUT2D eigenvalue weighted by molar-refractivity contribution is 7.80. The van der Waals surface area contributed by atoms with Crippen molar-refractivity contribution in [2.45, 2.75) is 85.4 Å². The second kappa shape index (κ2) is 14.2. The van der Waals surface area contributed by atoms with Crippen molar-refractivity contribution >= 4 is 36.2 Å². The molecule has 0 fully saturated rings. The topological polar surface area (TPSA) is 87.7 Å². The third kappa shape index (κ3) is 8.79. The molecular formula is C30H43N3O4S. The van der Waals surface area contributed by atoms with Gasteiger partial charge >= 0.3 is 6.09 Å². The number of rotatable bonds is 11. The SMILES string of the molecule is CCCCCN(C(=O)C(CS)NC(=O)OC(C)(C)C)C(C(=O)Nc1ccccc1C)c1cccc(C)c1C. The van der Waals surface area contributed by atoms with Crippen molar-refractivity contribution in [2.75, 3.05) is 17.6 Å². The molecule has 0 saturated heterocycles. The lowest BCUT2D eigenvalue weighted by molar-refractivity contribution is -0.140. The molecule has 3 amide bonds. The number of aryl methyl sites for hydroxylation is 2. The van der Waals surface area contributed by atoms with Crippen molar-refractivity contribution in [3.63, 3.8) is 0 Å². The molecule has 2 aromatic rings. The van der Waals surface area contributed by atoms with Crippen LogP contribution in [0.1, 0.15) is 75.3 Å². The molecule has 0 aromatic heterocycles. The Morgan fingerprint density at radius 3 is 2.24 bits per heavy atom. The van der Waals surface area contributed by atoms with Crippen molar-refractivity contribution in [3.05, 3.63) is 64.7 Å². The predicted molar refractivity (Wildman–Crippen MR) is 157 cm³/mol. The summed E-state index contributed by atoms with van der Waals surface area (Å²) >= 11 is 4.36. The molecule has 0 spiro atoms. The van der Waals surface area contributed by atoms with Gasteiger partial charge in [0.1, 0.15) is 17.7 Å². The third-order valence-electron chi connectivity index (χ3n) is 6.36. The number of nitrogens with one attached hydrogen (secondary N) is 2. The van der Waals surface area contributed by atoms with Gasteiger partial charge in [-0.05, 0) is 76.3 Å². The fourth-order valence-electron chi connectivity index (χ4n) is 4.17. The summed E-state index contributed by atoms with van der Waals surface area (Å²) in [7, 11) is 0. The van der Waals surface area contributed by atoms with E-state index in [4.69, 9.17) is 4.74 Å². The van der Waals surface area contributed by atoms with Gasteiger partial charge in [-0.3, -0.25) is 9.59 Å². The minimum atomic E-state index is -0.964. The molecule has 2 atom stereocenters. The van der Waals surface area contributed by atoms with Gasteiger partial charge in [-0.25, -0.2) is 4.79 Å². The number of thiol groups is 1. The van der Waals surface area contributed by atoms with E-state index in [1.165, 1.54) is 0 Å². The van der Waals surface area contributed by atoms with E-state index in [1.54, 1.807) is 25.7 Å². The minimum absolute atomic E-state index is 0.0568. The normalized spacial score (nSPS) is 12.8. The average Bonchev–Trinajstić information content (AvgIpc) is 2.84. The number of hydrogen-bond donors (Lipinski definition) is 3. The van der Waals surface area contributed by atoms with Crippen LogP contribution in [-0.2, 0) is 14.3 Å². The quantitative estimate of drug-likeness (QED) is 0.236. The van der Waals surface area contributed by atoms with Crippen LogP contribution in [0, 0.1) is 20.8 Å². The minimum Gasteiger partial charge on any atom is -0.444 e. The maximum atomic E-state index is 14.0. The lowest BCUT2D eigenvalue weighted by Gasteiger charge is -2.35. The zero-order valence-electron chi connectivity index (χ0n) is 23.8. The highest BCUT2D eigenvalue weighted by Gasteiger charge is 2.36. The van der Waals surface area contributed by atoms with E-state index >= 15 is 0 Å². The number of para-hydroxylation sites is 1. The number of benzene rings is 2. The Morgan fingerprint density at radius 1 is 0.974 bits per heavy atom. The monoisotopic (exact) mass is 541 g/mol. The standard InChI is InChI=1S/C30H43N3O4S/c1-8-9-12-18-33(28(35)25(19-38)32-29(36)37-30(5,6)7)26(23-16-13-15-20(2)22(23)4)27(34)31-24-17-11-10-14-21(24)3/h10-11,13-17,25-26,38H,8-9,12,18-19H2,1-7H3,(H,31,34)(H,32,36). The second-order valence-electron chi connectivity index (χ2n) is 10.6. The number of ether oxygens (including phenoxy) is 1. The summed E-state index contributed by atoms with van der Waals surface area (Å²) in [4.78, 5) is 42.2. The molecule has 2 N–H and O–H groups in total. The summed E-state index contributed by atoms with van der Waals surface area (Å²) in [5.41, 5.74) is 3.60. The van der Waals surface area contributed by atoms with E-state index in [9.17, 15) is 14.4 Å².